The number of carboxylic acids is 2. The Kier molecular flexibility index (Phi) is 11.5. The molecular weight excluding hydrogens is 636 g/mol. The molecule has 6 unspecified atom stereocenters. The Morgan fingerprint density at radius 3 is 2.47 bits per heavy atom. The summed E-state index contributed by atoms with van der Waals surface area (Å²) in [6.07, 6.45) is 9.68. The standard InChI is InChI=1S/C35H44N4O10/c1-4-16-47-22-12-13-27-25(19-22)29-23(11-7-9-15-41)21(10-6-8-14-40)18-24-26(37-46-3)20-28(35(49-27,30(24)29)48-17-5-2)39-32(34(44)45)31(33(42)43)36-38-39/h4-5,12-13,18-19,21,23,28-30,40-41H,1-2,6-11,14-17,20H2,3H3,(H,42,43)(H,44,45). The molecule has 0 saturated heterocycles. The second kappa shape index (κ2) is 15.8. The number of benzene rings is 1. The topological polar surface area (TPSA) is 195 Å². The molecule has 2 aliphatic carbocycles. The van der Waals surface area contributed by atoms with Crippen molar-refractivity contribution in [2.75, 3.05) is 33.5 Å². The molecule has 1 aromatic carbocycles. The monoisotopic (exact) mass is 680 g/mol. The highest BCUT2D eigenvalue weighted by Crippen LogP contribution is 2.63. The van der Waals surface area contributed by atoms with E-state index in [1.54, 1.807) is 24.3 Å². The van der Waals surface area contributed by atoms with Gasteiger partial charge in [-0.25, -0.2) is 14.3 Å². The van der Waals surface area contributed by atoms with Crippen molar-refractivity contribution in [1.29, 1.82) is 0 Å². The minimum absolute atomic E-state index is 0.0110. The predicted octanol–water partition coefficient (Wildman–Crippen LogP) is 4.38. The number of aliphatic hydroxyl groups excluding tert-OH is 2. The number of oxime groups is 1. The van der Waals surface area contributed by atoms with Gasteiger partial charge in [-0.1, -0.05) is 48.0 Å². The predicted molar refractivity (Wildman–Crippen MR) is 177 cm³/mol. The summed E-state index contributed by atoms with van der Waals surface area (Å²) in [5.41, 5.74) is 0.829. The van der Waals surface area contributed by atoms with E-state index in [0.29, 0.717) is 30.1 Å². The smallest absolute Gasteiger partial charge is 0.359 e. The van der Waals surface area contributed by atoms with Crippen molar-refractivity contribution in [3.63, 3.8) is 0 Å². The second-order valence-electron chi connectivity index (χ2n) is 12.4. The molecule has 1 fully saturated rings. The van der Waals surface area contributed by atoms with Crippen LogP contribution in [0.1, 0.15) is 83.4 Å². The summed E-state index contributed by atoms with van der Waals surface area (Å²) < 4.78 is 20.7. The molecule has 4 N–H and O–H groups in total. The molecule has 49 heavy (non-hydrogen) atoms. The normalized spacial score (nSPS) is 26.1. The van der Waals surface area contributed by atoms with Gasteiger partial charge in [0.25, 0.3) is 0 Å². The van der Waals surface area contributed by atoms with Crippen LogP contribution in [0.5, 0.6) is 11.5 Å². The maximum Gasteiger partial charge on any atom is 0.359 e. The third-order valence-corrected chi connectivity index (χ3v) is 9.61. The molecule has 14 nitrogen and oxygen atoms in total. The molecule has 6 atom stereocenters. The van der Waals surface area contributed by atoms with E-state index < -0.39 is 41.1 Å². The van der Waals surface area contributed by atoms with E-state index in [1.807, 2.05) is 6.07 Å². The van der Waals surface area contributed by atoms with Crippen LogP contribution in [-0.4, -0.2) is 92.4 Å². The van der Waals surface area contributed by atoms with Gasteiger partial charge in [-0.3, -0.25) is 0 Å². The number of nitrogens with zero attached hydrogens (tertiary/aromatic N) is 4. The van der Waals surface area contributed by atoms with Crippen LogP contribution in [0.15, 0.2) is 60.3 Å². The van der Waals surface area contributed by atoms with Gasteiger partial charge in [0, 0.05) is 31.1 Å². The molecule has 1 saturated carbocycles. The quantitative estimate of drug-likeness (QED) is 0.0988. The van der Waals surface area contributed by atoms with Crippen LogP contribution < -0.4 is 9.47 Å². The van der Waals surface area contributed by atoms with Crippen LogP contribution in [-0.2, 0) is 9.57 Å². The van der Waals surface area contributed by atoms with E-state index in [1.165, 1.54) is 7.11 Å². The number of hydrogen-bond acceptors (Lipinski definition) is 11. The molecule has 0 amide bonds. The van der Waals surface area contributed by atoms with E-state index >= 15 is 0 Å². The minimum Gasteiger partial charge on any atom is -0.490 e. The lowest BCUT2D eigenvalue weighted by molar-refractivity contribution is -0.252. The maximum absolute atomic E-state index is 12.6. The lowest BCUT2D eigenvalue weighted by Crippen LogP contribution is -2.63. The number of allylic oxidation sites excluding steroid dienone is 1. The number of rotatable bonds is 18. The lowest BCUT2D eigenvalue weighted by atomic mass is 9.55. The van der Waals surface area contributed by atoms with Crippen LogP contribution in [0.4, 0.5) is 0 Å². The Morgan fingerprint density at radius 1 is 1.08 bits per heavy atom. The highest BCUT2D eigenvalue weighted by atomic mass is 16.7. The van der Waals surface area contributed by atoms with E-state index in [9.17, 15) is 30.0 Å². The number of aromatic carboxylic acids is 2. The van der Waals surface area contributed by atoms with Crippen LogP contribution in [0, 0.1) is 17.8 Å². The Morgan fingerprint density at radius 2 is 1.82 bits per heavy atom. The van der Waals surface area contributed by atoms with Gasteiger partial charge in [0.2, 0.25) is 11.5 Å². The lowest BCUT2D eigenvalue weighted by Gasteiger charge is -2.58. The largest absolute Gasteiger partial charge is 0.490 e. The minimum atomic E-state index is -1.63. The first kappa shape index (κ1) is 35.8. The van der Waals surface area contributed by atoms with Crippen molar-refractivity contribution in [3.05, 3.63) is 72.1 Å². The molecule has 0 spiro atoms. The number of ether oxygens (including phenoxy) is 3. The summed E-state index contributed by atoms with van der Waals surface area (Å²) in [7, 11) is 1.42. The number of fused-ring (bicyclic) bond motifs is 2. The number of aromatic nitrogens is 3. The fraction of sp³-hybridized carbons (Fsp3) is 0.514. The molecule has 0 radical (unpaired) electrons. The average Bonchev–Trinajstić information content (AvgIpc) is 3.54. The van der Waals surface area contributed by atoms with Crippen LogP contribution in [0.2, 0.25) is 0 Å². The fourth-order valence-corrected chi connectivity index (χ4v) is 7.79. The van der Waals surface area contributed by atoms with Crippen LogP contribution >= 0.6 is 0 Å². The Hall–Kier alpha value is -4.53. The zero-order valence-corrected chi connectivity index (χ0v) is 27.6. The summed E-state index contributed by atoms with van der Waals surface area (Å²) in [5.74, 6) is -4.52. The number of unbranched alkanes of at least 4 members (excludes halogenated alkanes) is 2. The number of hydrogen-bond donors (Lipinski definition) is 4. The number of carbonyl (C=O) groups is 2. The van der Waals surface area contributed by atoms with Crippen molar-refractivity contribution >= 4 is 17.7 Å². The van der Waals surface area contributed by atoms with Crippen molar-refractivity contribution < 1.29 is 49.1 Å². The van der Waals surface area contributed by atoms with Crippen molar-refractivity contribution in [3.8, 4) is 11.5 Å². The Bertz CT molecular complexity index is 1600. The molecule has 3 aliphatic rings. The first-order chi connectivity index (χ1) is 23.8. The highest BCUT2D eigenvalue weighted by molar-refractivity contribution is 6.03. The summed E-state index contributed by atoms with van der Waals surface area (Å²) >= 11 is 0. The second-order valence-corrected chi connectivity index (χ2v) is 12.4. The summed E-state index contributed by atoms with van der Waals surface area (Å²) in [4.78, 5) is 30.1. The third kappa shape index (κ3) is 6.85. The van der Waals surface area contributed by atoms with Crippen molar-refractivity contribution in [2.45, 2.75) is 62.7 Å². The molecule has 264 valence electrons. The van der Waals surface area contributed by atoms with Gasteiger partial charge >= 0.3 is 11.9 Å². The van der Waals surface area contributed by atoms with Gasteiger partial charge in [-0.15, -0.1) is 11.7 Å². The summed E-state index contributed by atoms with van der Waals surface area (Å²) in [6, 6.07) is 4.46. The van der Waals surface area contributed by atoms with E-state index in [-0.39, 0.29) is 50.6 Å². The summed E-state index contributed by atoms with van der Waals surface area (Å²) in [6.45, 7) is 8.04. The first-order valence-electron chi connectivity index (χ1n) is 16.5. The number of carboxylic acid groups (broad SMARTS) is 2. The first-order valence-corrected chi connectivity index (χ1v) is 16.5. The zero-order valence-electron chi connectivity index (χ0n) is 27.6. The van der Waals surface area contributed by atoms with Crippen LogP contribution in [0.25, 0.3) is 0 Å². The fourth-order valence-electron chi connectivity index (χ4n) is 7.79. The molecule has 2 heterocycles. The van der Waals surface area contributed by atoms with E-state index in [0.717, 1.165) is 41.5 Å². The molecule has 2 aromatic rings. The van der Waals surface area contributed by atoms with Gasteiger partial charge in [-0.2, -0.15) is 0 Å². The third-order valence-electron chi connectivity index (χ3n) is 9.61. The summed E-state index contributed by atoms with van der Waals surface area (Å²) in [5, 5.41) is 51.7. The van der Waals surface area contributed by atoms with E-state index in [2.05, 4.69) is 34.7 Å². The molecule has 1 aromatic heterocycles. The van der Waals surface area contributed by atoms with Gasteiger partial charge in [0.1, 0.15) is 31.3 Å². The number of aliphatic hydroxyl groups is 2. The maximum atomic E-state index is 12.6. The Balaban J connectivity index is 1.82. The molecule has 0 bridgehead atoms. The highest BCUT2D eigenvalue weighted by Gasteiger charge is 2.65. The van der Waals surface area contributed by atoms with Gasteiger partial charge < -0.3 is 39.5 Å². The molecule has 14 heteroatoms. The SMILES string of the molecule is C=CCOc1ccc2c(c1)C1C(CCCCO)C(CCCCO)C=C3C(=NOC)CC(n4nnc(C(=O)O)c4C(=O)O)C(OCC=C)(O2)C31. The Labute approximate surface area is 284 Å². The van der Waals surface area contributed by atoms with Crippen molar-refractivity contribution in [1.82, 2.24) is 15.0 Å². The zero-order chi connectivity index (χ0) is 35.1. The van der Waals surface area contributed by atoms with Gasteiger partial charge in [-0.05, 0) is 61.3 Å². The van der Waals surface area contributed by atoms with Crippen LogP contribution in [0.3, 0.4) is 0 Å². The van der Waals surface area contributed by atoms with E-state index in [4.69, 9.17) is 19.0 Å². The van der Waals surface area contributed by atoms with Gasteiger partial charge in [0.15, 0.2) is 5.69 Å². The molecule has 1 aliphatic heterocycles. The van der Waals surface area contributed by atoms with Crippen molar-refractivity contribution in [2.24, 2.45) is 22.9 Å². The molecule has 5 rings (SSSR count). The average molecular weight is 681 g/mol. The van der Waals surface area contributed by atoms with Gasteiger partial charge in [0.05, 0.1) is 18.2 Å². The molecular formula is C35H44N4O10.